The molecule has 0 spiro atoms. The summed E-state index contributed by atoms with van der Waals surface area (Å²) in [5.74, 6) is 1.99. The van der Waals surface area contributed by atoms with Gasteiger partial charge in [0.2, 0.25) is 0 Å². The predicted molar refractivity (Wildman–Crippen MR) is 100 cm³/mol. The first-order chi connectivity index (χ1) is 11.4. The highest BCUT2D eigenvalue weighted by molar-refractivity contribution is 5.95. The van der Waals surface area contributed by atoms with E-state index in [4.69, 9.17) is 4.74 Å². The Balaban J connectivity index is 2.17. The van der Waals surface area contributed by atoms with Gasteiger partial charge in [-0.25, -0.2) is 0 Å². The summed E-state index contributed by atoms with van der Waals surface area (Å²) in [5.41, 5.74) is 6.02. The van der Waals surface area contributed by atoms with E-state index in [1.54, 1.807) is 6.07 Å². The number of hydrogen-bond donors (Lipinski definition) is 1. The number of aryl methyl sites for hydroxylation is 3. The third kappa shape index (κ3) is 2.62. The van der Waals surface area contributed by atoms with Crippen LogP contribution in [0.25, 0.3) is 10.8 Å². The van der Waals surface area contributed by atoms with E-state index < -0.39 is 0 Å². The summed E-state index contributed by atoms with van der Waals surface area (Å²) >= 11 is 0. The minimum Gasteiger partial charge on any atom is -0.507 e. The first kappa shape index (κ1) is 16.4. The maximum Gasteiger partial charge on any atom is 0.135 e. The van der Waals surface area contributed by atoms with Crippen LogP contribution >= 0.6 is 0 Å². The van der Waals surface area contributed by atoms with Gasteiger partial charge in [-0.1, -0.05) is 31.2 Å². The van der Waals surface area contributed by atoms with Gasteiger partial charge in [-0.15, -0.1) is 0 Å². The number of hydrogen-bond acceptors (Lipinski definition) is 2. The van der Waals surface area contributed by atoms with Gasteiger partial charge in [0.15, 0.2) is 0 Å². The van der Waals surface area contributed by atoms with Crippen molar-refractivity contribution in [3.05, 3.63) is 64.2 Å². The maximum absolute atomic E-state index is 10.2. The molecule has 0 radical (unpaired) electrons. The molecule has 0 saturated heterocycles. The average Bonchev–Trinajstić information content (AvgIpc) is 2.56. The minimum atomic E-state index is 0.293. The summed E-state index contributed by atoms with van der Waals surface area (Å²) in [6, 6.07) is 11.8. The second kappa shape index (κ2) is 6.20. The fourth-order valence-electron chi connectivity index (χ4n) is 3.41. The van der Waals surface area contributed by atoms with E-state index in [0.29, 0.717) is 5.75 Å². The fourth-order valence-corrected chi connectivity index (χ4v) is 3.41. The SMILES string of the molecule is CCc1cc(C)c(Oc2ccc(O)c3c(C)cccc23)c(C)c1C. The average molecular weight is 320 g/mol. The topological polar surface area (TPSA) is 29.5 Å². The number of ether oxygens (including phenoxy) is 1. The Kier molecular flexibility index (Phi) is 4.23. The van der Waals surface area contributed by atoms with Crippen molar-refractivity contribution < 1.29 is 9.84 Å². The molecule has 3 rings (SSSR count). The molecule has 0 amide bonds. The highest BCUT2D eigenvalue weighted by Crippen LogP contribution is 2.39. The van der Waals surface area contributed by atoms with Crippen LogP contribution in [-0.4, -0.2) is 5.11 Å². The summed E-state index contributed by atoms with van der Waals surface area (Å²) in [4.78, 5) is 0. The maximum atomic E-state index is 10.2. The summed E-state index contributed by atoms with van der Waals surface area (Å²) in [7, 11) is 0. The largest absolute Gasteiger partial charge is 0.507 e. The Morgan fingerprint density at radius 1 is 0.917 bits per heavy atom. The number of fused-ring (bicyclic) bond motifs is 1. The van der Waals surface area contributed by atoms with E-state index in [2.05, 4.69) is 33.8 Å². The monoisotopic (exact) mass is 320 g/mol. The smallest absolute Gasteiger partial charge is 0.135 e. The fraction of sp³-hybridized carbons (Fsp3) is 0.273. The highest BCUT2D eigenvalue weighted by atomic mass is 16.5. The normalized spacial score (nSPS) is 11.0. The second-order valence-corrected chi connectivity index (χ2v) is 6.47. The molecular weight excluding hydrogens is 296 g/mol. The minimum absolute atomic E-state index is 0.293. The van der Waals surface area contributed by atoms with Gasteiger partial charge >= 0.3 is 0 Å². The molecule has 0 fully saturated rings. The van der Waals surface area contributed by atoms with Crippen molar-refractivity contribution in [1.29, 1.82) is 0 Å². The van der Waals surface area contributed by atoms with Crippen LogP contribution in [0.15, 0.2) is 36.4 Å². The Hall–Kier alpha value is -2.48. The molecule has 0 aliphatic heterocycles. The Morgan fingerprint density at radius 3 is 2.38 bits per heavy atom. The molecule has 0 bridgehead atoms. The highest BCUT2D eigenvalue weighted by Gasteiger charge is 2.14. The van der Waals surface area contributed by atoms with E-state index in [1.807, 2.05) is 31.2 Å². The quantitative estimate of drug-likeness (QED) is 0.628. The van der Waals surface area contributed by atoms with E-state index in [-0.39, 0.29) is 0 Å². The molecule has 3 aromatic rings. The first-order valence-corrected chi connectivity index (χ1v) is 8.42. The molecule has 0 heterocycles. The molecule has 24 heavy (non-hydrogen) atoms. The van der Waals surface area contributed by atoms with Crippen molar-refractivity contribution in [2.45, 2.75) is 41.0 Å². The molecule has 0 aliphatic carbocycles. The third-order valence-electron chi connectivity index (χ3n) is 4.91. The van der Waals surface area contributed by atoms with Crippen LogP contribution in [0.3, 0.4) is 0 Å². The lowest BCUT2D eigenvalue weighted by atomic mass is 9.97. The Morgan fingerprint density at radius 2 is 1.67 bits per heavy atom. The number of aromatic hydroxyl groups is 1. The van der Waals surface area contributed by atoms with Gasteiger partial charge in [0.05, 0.1) is 0 Å². The molecule has 3 aromatic carbocycles. The van der Waals surface area contributed by atoms with Crippen molar-refractivity contribution in [3.8, 4) is 17.2 Å². The zero-order chi connectivity index (χ0) is 17.4. The van der Waals surface area contributed by atoms with Crippen molar-refractivity contribution in [2.24, 2.45) is 0 Å². The Bertz CT molecular complexity index is 915. The number of phenols is 1. The van der Waals surface area contributed by atoms with Gasteiger partial charge < -0.3 is 9.84 Å². The summed E-state index contributed by atoms with van der Waals surface area (Å²) in [6.45, 7) is 10.5. The lowest BCUT2D eigenvalue weighted by Crippen LogP contribution is -1.98. The van der Waals surface area contributed by atoms with E-state index in [1.165, 1.54) is 16.7 Å². The molecule has 2 nitrogen and oxygen atoms in total. The van der Waals surface area contributed by atoms with E-state index in [0.717, 1.165) is 39.8 Å². The molecule has 0 atom stereocenters. The van der Waals surface area contributed by atoms with Gasteiger partial charge in [-0.3, -0.25) is 0 Å². The van der Waals surface area contributed by atoms with Crippen LogP contribution in [0.1, 0.15) is 34.7 Å². The molecule has 2 heteroatoms. The van der Waals surface area contributed by atoms with Gasteiger partial charge in [0.25, 0.3) is 0 Å². The number of benzene rings is 3. The van der Waals surface area contributed by atoms with Gasteiger partial charge in [0, 0.05) is 10.8 Å². The summed E-state index contributed by atoms with van der Waals surface area (Å²) in [6.07, 6.45) is 1.02. The first-order valence-electron chi connectivity index (χ1n) is 8.42. The lowest BCUT2D eigenvalue weighted by molar-refractivity contribution is 0.469. The second-order valence-electron chi connectivity index (χ2n) is 6.47. The van der Waals surface area contributed by atoms with Crippen LogP contribution in [-0.2, 0) is 6.42 Å². The van der Waals surface area contributed by atoms with Crippen LogP contribution < -0.4 is 4.74 Å². The van der Waals surface area contributed by atoms with Crippen LogP contribution in [0, 0.1) is 27.7 Å². The molecule has 0 unspecified atom stereocenters. The van der Waals surface area contributed by atoms with Crippen LogP contribution in [0.4, 0.5) is 0 Å². The molecule has 0 saturated carbocycles. The summed E-state index contributed by atoms with van der Waals surface area (Å²) < 4.78 is 6.33. The molecule has 0 aliphatic rings. The number of rotatable bonds is 3. The van der Waals surface area contributed by atoms with Crippen LogP contribution in [0.5, 0.6) is 17.2 Å². The summed E-state index contributed by atoms with van der Waals surface area (Å²) in [5, 5.41) is 12.0. The molecular formula is C22H24O2. The van der Waals surface area contributed by atoms with Gasteiger partial charge in [-0.2, -0.15) is 0 Å². The lowest BCUT2D eigenvalue weighted by Gasteiger charge is -2.18. The van der Waals surface area contributed by atoms with Crippen molar-refractivity contribution in [3.63, 3.8) is 0 Å². The zero-order valence-electron chi connectivity index (χ0n) is 15.0. The standard InChI is InChI=1S/C22H24O2/c1-6-17-12-14(3)22(16(5)15(17)4)24-20-11-10-19(23)21-13(2)8-7-9-18(20)21/h7-12,23H,6H2,1-5H3. The molecule has 0 aromatic heterocycles. The van der Waals surface area contributed by atoms with E-state index >= 15 is 0 Å². The van der Waals surface area contributed by atoms with Crippen molar-refractivity contribution in [1.82, 2.24) is 0 Å². The van der Waals surface area contributed by atoms with Gasteiger partial charge in [0.1, 0.15) is 17.2 Å². The zero-order valence-corrected chi connectivity index (χ0v) is 15.0. The van der Waals surface area contributed by atoms with Crippen molar-refractivity contribution >= 4 is 10.8 Å². The van der Waals surface area contributed by atoms with Gasteiger partial charge in [-0.05, 0) is 74.1 Å². The number of phenolic OH excluding ortho intramolecular Hbond substituents is 1. The molecule has 124 valence electrons. The third-order valence-corrected chi connectivity index (χ3v) is 4.91. The molecule has 1 N–H and O–H groups in total. The predicted octanol–water partition coefficient (Wildman–Crippen LogP) is 6.13. The van der Waals surface area contributed by atoms with Crippen LogP contribution in [0.2, 0.25) is 0 Å². The Labute approximate surface area is 143 Å². The van der Waals surface area contributed by atoms with Crippen molar-refractivity contribution in [2.75, 3.05) is 0 Å². The van der Waals surface area contributed by atoms with E-state index in [9.17, 15) is 5.11 Å².